The number of rotatable bonds is 6. The monoisotopic (exact) mass is 414 g/mol. The summed E-state index contributed by atoms with van der Waals surface area (Å²) >= 11 is 11.9. The van der Waals surface area contributed by atoms with Gasteiger partial charge in [0.15, 0.2) is 5.82 Å². The van der Waals surface area contributed by atoms with Crippen molar-refractivity contribution in [1.29, 1.82) is 0 Å². The van der Waals surface area contributed by atoms with Gasteiger partial charge in [0.1, 0.15) is 5.82 Å². The molecule has 0 spiro atoms. The number of hydrogen-bond acceptors (Lipinski definition) is 3. The van der Waals surface area contributed by atoms with Crippen molar-refractivity contribution in [2.75, 3.05) is 19.6 Å². The van der Waals surface area contributed by atoms with E-state index in [-0.39, 0.29) is 0 Å². The number of aromatic nitrogens is 3. The zero-order chi connectivity index (χ0) is 19.3. The molecule has 0 aliphatic carbocycles. The Morgan fingerprint density at radius 3 is 2.14 bits per heavy atom. The SMILES string of the molecule is Clc1ccc(CCN2CCC(c3nc(Cc4ccc(Cl)cc4)n[nH]3)CC2)cc1. The molecule has 1 aromatic heterocycles. The van der Waals surface area contributed by atoms with Gasteiger partial charge in [-0.15, -0.1) is 0 Å². The normalized spacial score (nSPS) is 15.8. The maximum absolute atomic E-state index is 5.96. The topological polar surface area (TPSA) is 44.8 Å². The fraction of sp³-hybridized carbons (Fsp3) is 0.364. The number of halogens is 2. The van der Waals surface area contributed by atoms with Gasteiger partial charge < -0.3 is 4.90 Å². The van der Waals surface area contributed by atoms with Crippen LogP contribution < -0.4 is 0 Å². The number of nitrogens with zero attached hydrogens (tertiary/aromatic N) is 3. The van der Waals surface area contributed by atoms with Crippen molar-refractivity contribution in [2.45, 2.75) is 31.6 Å². The summed E-state index contributed by atoms with van der Waals surface area (Å²) in [6.07, 6.45) is 4.04. The summed E-state index contributed by atoms with van der Waals surface area (Å²) in [7, 11) is 0. The molecule has 0 radical (unpaired) electrons. The van der Waals surface area contributed by atoms with Crippen LogP contribution >= 0.6 is 23.2 Å². The van der Waals surface area contributed by atoms with E-state index in [0.29, 0.717) is 5.92 Å². The number of nitrogens with one attached hydrogen (secondary N) is 1. The smallest absolute Gasteiger partial charge is 0.155 e. The van der Waals surface area contributed by atoms with Crippen LogP contribution in [0.3, 0.4) is 0 Å². The molecular formula is C22H24Cl2N4. The molecule has 0 atom stereocenters. The third kappa shape index (κ3) is 5.13. The Hall–Kier alpha value is -1.88. The van der Waals surface area contributed by atoms with E-state index in [4.69, 9.17) is 28.2 Å². The lowest BCUT2D eigenvalue weighted by Gasteiger charge is -2.30. The van der Waals surface area contributed by atoms with Crippen LogP contribution in [-0.2, 0) is 12.8 Å². The highest BCUT2D eigenvalue weighted by Gasteiger charge is 2.23. The molecule has 1 aliphatic rings. The van der Waals surface area contributed by atoms with Gasteiger partial charge in [-0.25, -0.2) is 4.98 Å². The molecule has 1 saturated heterocycles. The molecule has 28 heavy (non-hydrogen) atoms. The number of aromatic amines is 1. The minimum atomic E-state index is 0.471. The van der Waals surface area contributed by atoms with Gasteiger partial charge in [-0.3, -0.25) is 5.10 Å². The third-order valence-corrected chi connectivity index (χ3v) is 5.93. The van der Waals surface area contributed by atoms with E-state index in [1.165, 1.54) is 11.1 Å². The van der Waals surface area contributed by atoms with E-state index >= 15 is 0 Å². The van der Waals surface area contributed by atoms with Crippen molar-refractivity contribution < 1.29 is 0 Å². The van der Waals surface area contributed by atoms with Crippen molar-refractivity contribution in [1.82, 2.24) is 20.1 Å². The van der Waals surface area contributed by atoms with E-state index < -0.39 is 0 Å². The van der Waals surface area contributed by atoms with Crippen LogP contribution in [0.25, 0.3) is 0 Å². The average Bonchev–Trinajstić information content (AvgIpc) is 3.18. The minimum Gasteiger partial charge on any atom is -0.303 e. The number of piperidine rings is 1. The van der Waals surface area contributed by atoms with Crippen LogP contribution in [-0.4, -0.2) is 39.7 Å². The molecule has 2 heterocycles. The van der Waals surface area contributed by atoms with Gasteiger partial charge in [0.2, 0.25) is 0 Å². The third-order valence-electron chi connectivity index (χ3n) is 5.43. The van der Waals surface area contributed by atoms with Crippen molar-refractivity contribution >= 4 is 23.2 Å². The maximum Gasteiger partial charge on any atom is 0.155 e. The molecule has 1 N–H and O–H groups in total. The highest BCUT2D eigenvalue weighted by molar-refractivity contribution is 6.30. The Kier molecular flexibility index (Phi) is 6.30. The summed E-state index contributed by atoms with van der Waals surface area (Å²) in [5, 5.41) is 9.13. The van der Waals surface area contributed by atoms with Gasteiger partial charge in [0, 0.05) is 28.9 Å². The zero-order valence-corrected chi connectivity index (χ0v) is 17.3. The molecule has 0 unspecified atom stereocenters. The second kappa shape index (κ2) is 9.08. The molecule has 0 amide bonds. The van der Waals surface area contributed by atoms with Gasteiger partial charge in [-0.1, -0.05) is 47.5 Å². The van der Waals surface area contributed by atoms with Crippen molar-refractivity contribution in [3.8, 4) is 0 Å². The quantitative estimate of drug-likeness (QED) is 0.608. The van der Waals surface area contributed by atoms with Crippen molar-refractivity contribution in [3.05, 3.63) is 81.4 Å². The van der Waals surface area contributed by atoms with Crippen molar-refractivity contribution in [3.63, 3.8) is 0 Å². The zero-order valence-electron chi connectivity index (χ0n) is 15.7. The summed E-state index contributed by atoms with van der Waals surface area (Å²) in [5.41, 5.74) is 2.51. The molecule has 0 saturated carbocycles. The van der Waals surface area contributed by atoms with Crippen LogP contribution in [0.1, 0.15) is 41.5 Å². The number of likely N-dealkylation sites (tertiary alicyclic amines) is 1. The van der Waals surface area contributed by atoms with E-state index in [9.17, 15) is 0 Å². The predicted octanol–water partition coefficient (Wildman–Crippen LogP) is 5.12. The molecule has 2 aromatic carbocycles. The lowest BCUT2D eigenvalue weighted by molar-refractivity contribution is 0.211. The van der Waals surface area contributed by atoms with Gasteiger partial charge in [-0.2, -0.15) is 5.10 Å². The highest BCUT2D eigenvalue weighted by Crippen LogP contribution is 2.26. The first-order chi connectivity index (χ1) is 13.7. The van der Waals surface area contributed by atoms with E-state index in [1.807, 2.05) is 36.4 Å². The number of hydrogen-bond donors (Lipinski definition) is 1. The van der Waals surface area contributed by atoms with Crippen molar-refractivity contribution in [2.24, 2.45) is 0 Å². The molecule has 146 valence electrons. The number of H-pyrrole nitrogens is 1. The molecule has 1 aliphatic heterocycles. The molecule has 1 fully saturated rings. The lowest BCUT2D eigenvalue weighted by atomic mass is 9.96. The molecule has 0 bridgehead atoms. The summed E-state index contributed by atoms with van der Waals surface area (Å²) in [5.74, 6) is 2.35. The molecule has 4 rings (SSSR count). The first kappa shape index (κ1) is 19.4. The van der Waals surface area contributed by atoms with E-state index in [0.717, 1.165) is 67.0 Å². The Balaban J connectivity index is 1.26. The Labute approximate surface area is 175 Å². The summed E-state index contributed by atoms with van der Waals surface area (Å²) in [4.78, 5) is 7.29. The summed E-state index contributed by atoms with van der Waals surface area (Å²) < 4.78 is 0. The maximum atomic E-state index is 5.96. The predicted molar refractivity (Wildman–Crippen MR) is 114 cm³/mol. The van der Waals surface area contributed by atoms with E-state index in [2.05, 4.69) is 27.2 Å². The van der Waals surface area contributed by atoms with Crippen LogP contribution in [0.4, 0.5) is 0 Å². The fourth-order valence-electron chi connectivity index (χ4n) is 3.73. The van der Waals surface area contributed by atoms with Crippen LogP contribution in [0.2, 0.25) is 10.0 Å². The first-order valence-corrected chi connectivity index (χ1v) is 10.5. The highest BCUT2D eigenvalue weighted by atomic mass is 35.5. The van der Waals surface area contributed by atoms with Gasteiger partial charge in [0.05, 0.1) is 0 Å². The summed E-state index contributed by atoms with van der Waals surface area (Å²) in [6.45, 7) is 3.30. The second-order valence-electron chi connectivity index (χ2n) is 7.43. The van der Waals surface area contributed by atoms with E-state index in [1.54, 1.807) is 0 Å². The van der Waals surface area contributed by atoms with Crippen LogP contribution in [0.5, 0.6) is 0 Å². The average molecular weight is 415 g/mol. The second-order valence-corrected chi connectivity index (χ2v) is 8.31. The van der Waals surface area contributed by atoms with Crippen LogP contribution in [0.15, 0.2) is 48.5 Å². The van der Waals surface area contributed by atoms with Gasteiger partial charge >= 0.3 is 0 Å². The van der Waals surface area contributed by atoms with Gasteiger partial charge in [-0.05, 0) is 67.7 Å². The molecule has 3 aromatic rings. The molecule has 4 nitrogen and oxygen atoms in total. The number of benzene rings is 2. The minimum absolute atomic E-state index is 0.471. The Morgan fingerprint density at radius 1 is 0.893 bits per heavy atom. The molecule has 6 heteroatoms. The Bertz CT molecular complexity index is 882. The first-order valence-electron chi connectivity index (χ1n) is 9.78. The van der Waals surface area contributed by atoms with Crippen LogP contribution in [0, 0.1) is 0 Å². The largest absolute Gasteiger partial charge is 0.303 e. The Morgan fingerprint density at radius 2 is 1.50 bits per heavy atom. The molecular weight excluding hydrogens is 391 g/mol. The summed E-state index contributed by atoms with van der Waals surface area (Å²) in [6, 6.07) is 16.0. The lowest BCUT2D eigenvalue weighted by Crippen LogP contribution is -2.34. The fourth-order valence-corrected chi connectivity index (χ4v) is 3.98. The standard InChI is InChI=1S/C22H24Cl2N4/c23-19-5-1-16(2-6-19)9-12-28-13-10-18(11-14-28)22-25-21(26-27-22)15-17-3-7-20(24)8-4-17/h1-8,18H,9-15H2,(H,25,26,27). The van der Waals surface area contributed by atoms with Gasteiger partial charge in [0.25, 0.3) is 0 Å².